The van der Waals surface area contributed by atoms with E-state index < -0.39 is 0 Å². The van der Waals surface area contributed by atoms with Crippen molar-refractivity contribution in [3.8, 4) is 11.3 Å². The van der Waals surface area contributed by atoms with E-state index in [9.17, 15) is 0 Å². The van der Waals surface area contributed by atoms with Crippen LogP contribution in [-0.2, 0) is 6.42 Å². The molecule has 1 heterocycles. The van der Waals surface area contributed by atoms with Gasteiger partial charge in [0.15, 0.2) is 5.13 Å². The zero-order chi connectivity index (χ0) is 13.1. The van der Waals surface area contributed by atoms with E-state index in [1.165, 1.54) is 10.4 Å². The van der Waals surface area contributed by atoms with Crippen LogP contribution in [0.15, 0.2) is 24.3 Å². The fourth-order valence-corrected chi connectivity index (χ4v) is 2.74. The summed E-state index contributed by atoms with van der Waals surface area (Å²) in [6, 6.07) is 8.65. The van der Waals surface area contributed by atoms with Crippen LogP contribution in [0.25, 0.3) is 11.3 Å². The molecule has 0 radical (unpaired) electrons. The summed E-state index contributed by atoms with van der Waals surface area (Å²) in [4.78, 5) is 5.65. The second-order valence-corrected chi connectivity index (χ2v) is 6.07. The van der Waals surface area contributed by atoms with E-state index in [1.54, 1.807) is 11.3 Å². The van der Waals surface area contributed by atoms with E-state index in [0.29, 0.717) is 5.92 Å². The lowest BCUT2D eigenvalue weighted by Gasteiger charge is -2.05. The third-order valence-corrected chi connectivity index (χ3v) is 3.69. The summed E-state index contributed by atoms with van der Waals surface area (Å²) in [6.45, 7) is 6.53. The van der Waals surface area contributed by atoms with Crippen molar-refractivity contribution in [2.45, 2.75) is 27.2 Å². The van der Waals surface area contributed by atoms with Crippen molar-refractivity contribution >= 4 is 16.5 Å². The Kier molecular flexibility index (Phi) is 3.99. The van der Waals surface area contributed by atoms with Gasteiger partial charge in [0, 0.05) is 10.4 Å². The van der Waals surface area contributed by atoms with Gasteiger partial charge in [0.25, 0.3) is 0 Å². The molecule has 0 saturated carbocycles. The van der Waals surface area contributed by atoms with Gasteiger partial charge in [0.2, 0.25) is 0 Å². The smallest absolute Gasteiger partial charge is 0.197 e. The number of nitrogen functional groups attached to an aromatic ring is 1. The largest absolute Gasteiger partial charge is 0.300 e. The number of aromatic nitrogens is 1. The van der Waals surface area contributed by atoms with Gasteiger partial charge in [0.05, 0.1) is 5.69 Å². The van der Waals surface area contributed by atoms with Crippen molar-refractivity contribution in [1.82, 2.24) is 4.98 Å². The lowest BCUT2D eigenvalue weighted by molar-refractivity contribution is 0.647. The van der Waals surface area contributed by atoms with Crippen molar-refractivity contribution < 1.29 is 0 Å². The van der Waals surface area contributed by atoms with Gasteiger partial charge in [0.1, 0.15) is 0 Å². The number of rotatable bonds is 4. The monoisotopic (exact) mass is 261 g/mol. The molecule has 3 N–H and O–H groups in total. The molecule has 0 bridgehead atoms. The number of nitrogens with one attached hydrogen (secondary N) is 1. The third kappa shape index (κ3) is 2.89. The minimum atomic E-state index is 0.685. The maximum Gasteiger partial charge on any atom is 0.197 e. The highest BCUT2D eigenvalue weighted by atomic mass is 32.1. The van der Waals surface area contributed by atoms with Crippen LogP contribution in [0.1, 0.15) is 24.3 Å². The van der Waals surface area contributed by atoms with Gasteiger partial charge in [-0.15, -0.1) is 11.3 Å². The van der Waals surface area contributed by atoms with E-state index in [-0.39, 0.29) is 0 Å². The van der Waals surface area contributed by atoms with Gasteiger partial charge in [-0.3, -0.25) is 5.43 Å². The summed E-state index contributed by atoms with van der Waals surface area (Å²) in [5.41, 5.74) is 6.15. The fourth-order valence-electron chi connectivity index (χ4n) is 2.00. The molecule has 0 fully saturated rings. The molecule has 0 saturated heterocycles. The Hall–Kier alpha value is -1.39. The van der Waals surface area contributed by atoms with Gasteiger partial charge in [-0.2, -0.15) is 0 Å². The number of anilines is 1. The number of hydrogen-bond donors (Lipinski definition) is 2. The second-order valence-electron chi connectivity index (χ2n) is 4.86. The van der Waals surface area contributed by atoms with Crippen molar-refractivity contribution in [3.05, 3.63) is 34.7 Å². The molecule has 0 unspecified atom stereocenters. The Morgan fingerprint density at radius 1 is 1.28 bits per heavy atom. The molecule has 2 rings (SSSR count). The Morgan fingerprint density at radius 2 is 1.94 bits per heavy atom. The molecule has 0 spiro atoms. The fraction of sp³-hybridized carbons (Fsp3) is 0.357. The number of nitrogens with zero attached hydrogens (tertiary/aromatic N) is 1. The lowest BCUT2D eigenvalue weighted by atomic mass is 10.0. The molecule has 0 aliphatic heterocycles. The molecule has 0 amide bonds. The molecule has 1 aromatic carbocycles. The van der Waals surface area contributed by atoms with Gasteiger partial charge in [-0.1, -0.05) is 38.1 Å². The maximum atomic E-state index is 5.39. The number of benzene rings is 1. The minimum Gasteiger partial charge on any atom is -0.300 e. The predicted octanol–water partition coefficient (Wildman–Crippen LogP) is 3.60. The number of nitrogens with two attached hydrogens (primary N) is 1. The van der Waals surface area contributed by atoms with E-state index in [0.717, 1.165) is 22.8 Å². The van der Waals surface area contributed by atoms with Crippen LogP contribution < -0.4 is 11.3 Å². The molecule has 0 aliphatic rings. The Morgan fingerprint density at radius 3 is 2.44 bits per heavy atom. The van der Waals surface area contributed by atoms with Crippen LogP contribution in [0.4, 0.5) is 5.13 Å². The molecule has 3 nitrogen and oxygen atoms in total. The second kappa shape index (κ2) is 5.50. The van der Waals surface area contributed by atoms with E-state index in [2.05, 4.69) is 55.4 Å². The zero-order valence-electron chi connectivity index (χ0n) is 11.0. The average Bonchev–Trinajstić information content (AvgIpc) is 2.71. The number of aryl methyl sites for hydroxylation is 1. The Balaban J connectivity index is 2.25. The van der Waals surface area contributed by atoms with Crippen molar-refractivity contribution in [1.29, 1.82) is 0 Å². The summed E-state index contributed by atoms with van der Waals surface area (Å²) in [5.74, 6) is 6.07. The molecule has 96 valence electrons. The van der Waals surface area contributed by atoms with Crippen molar-refractivity contribution in [2.75, 3.05) is 5.43 Å². The first-order valence-corrected chi connectivity index (χ1v) is 6.95. The van der Waals surface area contributed by atoms with Crippen LogP contribution in [0.2, 0.25) is 0 Å². The van der Waals surface area contributed by atoms with Gasteiger partial charge in [-0.05, 0) is 24.8 Å². The normalized spacial score (nSPS) is 10.9. The summed E-state index contributed by atoms with van der Waals surface area (Å²) in [6.07, 6.45) is 1.12. The molecule has 0 aliphatic carbocycles. The predicted molar refractivity (Wildman–Crippen MR) is 78.6 cm³/mol. The van der Waals surface area contributed by atoms with Crippen molar-refractivity contribution in [3.63, 3.8) is 0 Å². The molecule has 1 aromatic heterocycles. The molecular formula is C14H19N3S. The van der Waals surface area contributed by atoms with E-state index in [1.807, 2.05) is 0 Å². The third-order valence-electron chi connectivity index (χ3n) is 2.79. The molecule has 0 atom stereocenters. The number of hydrogen-bond acceptors (Lipinski definition) is 4. The van der Waals surface area contributed by atoms with E-state index >= 15 is 0 Å². The number of hydrazine groups is 1. The SMILES string of the molecule is Cc1sc(NN)nc1-c1ccc(CC(C)C)cc1. The summed E-state index contributed by atoms with van der Waals surface area (Å²) in [7, 11) is 0. The van der Waals surface area contributed by atoms with Crippen LogP contribution in [0.3, 0.4) is 0 Å². The van der Waals surface area contributed by atoms with Crippen LogP contribution in [-0.4, -0.2) is 4.98 Å². The maximum absolute atomic E-state index is 5.39. The first kappa shape index (κ1) is 13.1. The highest BCUT2D eigenvalue weighted by Crippen LogP contribution is 2.30. The van der Waals surface area contributed by atoms with Crippen molar-refractivity contribution in [2.24, 2.45) is 11.8 Å². The Bertz CT molecular complexity index is 514. The van der Waals surface area contributed by atoms with Gasteiger partial charge in [-0.25, -0.2) is 10.8 Å². The number of thiazole rings is 1. The van der Waals surface area contributed by atoms with Crippen LogP contribution >= 0.6 is 11.3 Å². The highest BCUT2D eigenvalue weighted by Gasteiger charge is 2.09. The molecule has 18 heavy (non-hydrogen) atoms. The first-order valence-electron chi connectivity index (χ1n) is 6.13. The van der Waals surface area contributed by atoms with Crippen LogP contribution in [0.5, 0.6) is 0 Å². The topological polar surface area (TPSA) is 50.9 Å². The van der Waals surface area contributed by atoms with Gasteiger partial charge >= 0.3 is 0 Å². The molecule has 4 heteroatoms. The van der Waals surface area contributed by atoms with E-state index in [4.69, 9.17) is 5.84 Å². The van der Waals surface area contributed by atoms with Crippen LogP contribution in [0, 0.1) is 12.8 Å². The summed E-state index contributed by atoms with van der Waals surface area (Å²) in [5, 5.41) is 0.758. The average molecular weight is 261 g/mol. The molecular weight excluding hydrogens is 242 g/mol. The minimum absolute atomic E-state index is 0.685. The summed E-state index contributed by atoms with van der Waals surface area (Å²) >= 11 is 1.58. The summed E-state index contributed by atoms with van der Waals surface area (Å²) < 4.78 is 0. The standard InChI is InChI=1S/C14H19N3S/c1-9(2)8-11-4-6-12(7-5-11)13-10(3)18-14(16-13)17-15/h4-7,9H,8,15H2,1-3H3,(H,16,17). The lowest BCUT2D eigenvalue weighted by Crippen LogP contribution is -2.05. The highest BCUT2D eigenvalue weighted by molar-refractivity contribution is 7.15. The quantitative estimate of drug-likeness (QED) is 0.653. The Labute approximate surface area is 112 Å². The zero-order valence-corrected chi connectivity index (χ0v) is 11.8. The van der Waals surface area contributed by atoms with Gasteiger partial charge < -0.3 is 0 Å². The first-order chi connectivity index (χ1) is 8.60. The molecule has 2 aromatic rings.